The van der Waals surface area contributed by atoms with Gasteiger partial charge in [0.05, 0.1) is 0 Å². The Kier molecular flexibility index (Phi) is 58.5. The van der Waals surface area contributed by atoms with Crippen LogP contribution in [0.3, 0.4) is 0 Å². The van der Waals surface area contributed by atoms with Crippen molar-refractivity contribution < 1.29 is 28.6 Å². The van der Waals surface area contributed by atoms with Crippen LogP contribution in [0.4, 0.5) is 0 Å². The fourth-order valence-electron chi connectivity index (χ4n) is 8.80. The second-order valence-corrected chi connectivity index (χ2v) is 19.6. The van der Waals surface area contributed by atoms with E-state index in [0.29, 0.717) is 19.3 Å². The van der Waals surface area contributed by atoms with Gasteiger partial charge in [-0.2, -0.15) is 0 Å². The van der Waals surface area contributed by atoms with E-state index in [4.69, 9.17) is 14.2 Å². The number of unbranched alkanes of at least 4 members (excludes halogenated alkanes) is 42. The average Bonchev–Trinajstić information content (AvgIpc) is 3.28. The van der Waals surface area contributed by atoms with E-state index < -0.39 is 6.10 Å². The molecule has 0 amide bonds. The molecule has 64 heavy (non-hydrogen) atoms. The Bertz CT molecular complexity index is 893. The number of carbonyl (C=O) groups is 3. The molecule has 0 saturated carbocycles. The number of hydrogen-bond donors (Lipinski definition) is 0. The van der Waals surface area contributed by atoms with E-state index in [9.17, 15) is 14.4 Å². The molecule has 0 aromatic rings. The third-order valence-electron chi connectivity index (χ3n) is 13.1. The van der Waals surface area contributed by atoms with Crippen molar-refractivity contribution in [2.75, 3.05) is 13.2 Å². The minimum atomic E-state index is -0.760. The van der Waals surface area contributed by atoms with Gasteiger partial charge in [0.2, 0.25) is 0 Å². The molecule has 378 valence electrons. The Labute approximate surface area is 429 Å². The monoisotopic (exact) mass is 933 g/mol. The molecule has 0 spiro atoms. The molecule has 7 heteroatoms. The van der Waals surface area contributed by atoms with Gasteiger partial charge in [0.25, 0.3) is 0 Å². The molecule has 0 aliphatic carbocycles. The molecule has 0 unspecified atom stereocenters. The van der Waals surface area contributed by atoms with Gasteiger partial charge in [-0.3, -0.25) is 14.4 Å². The van der Waals surface area contributed by atoms with Crippen LogP contribution in [0.25, 0.3) is 0 Å². The molecule has 0 fully saturated rings. The van der Waals surface area contributed by atoms with Crippen LogP contribution >= 0.6 is 0 Å². The zero-order valence-electron chi connectivity index (χ0n) is 42.9. The van der Waals surface area contributed by atoms with E-state index in [2.05, 4.69) is 20.8 Å². The molecule has 0 rings (SSSR count). The second kappa shape index (κ2) is 57.0. The molecule has 0 saturated heterocycles. The topological polar surface area (TPSA) is 78.9 Å². The number of rotatable bonds is 53. The summed E-state index contributed by atoms with van der Waals surface area (Å²) >= 11 is 0. The maximum absolute atomic E-state index is 12.8. The minimum absolute atomic E-state index is 0. The van der Waals surface area contributed by atoms with Crippen LogP contribution in [-0.2, 0) is 28.6 Å². The third-order valence-corrected chi connectivity index (χ3v) is 13.1. The van der Waals surface area contributed by atoms with Gasteiger partial charge < -0.3 is 14.2 Å². The van der Waals surface area contributed by atoms with Gasteiger partial charge in [-0.1, -0.05) is 290 Å². The molecule has 0 aromatic carbocycles. The predicted molar refractivity (Wildman–Crippen MR) is 279 cm³/mol. The Morgan fingerprint density at radius 2 is 0.438 bits per heavy atom. The molecule has 0 aliphatic rings. The van der Waals surface area contributed by atoms with Gasteiger partial charge >= 0.3 is 55.6 Å². The molecule has 0 N–H and O–H groups in total. The van der Waals surface area contributed by atoms with E-state index in [1.807, 2.05) is 0 Å². The summed E-state index contributed by atoms with van der Waals surface area (Å²) in [5.41, 5.74) is 0. The first-order valence-electron chi connectivity index (χ1n) is 28.5. The van der Waals surface area contributed by atoms with Crippen molar-refractivity contribution in [3.63, 3.8) is 0 Å². The number of esters is 3. The first-order chi connectivity index (χ1) is 31.0. The SMILES string of the molecule is CCCCCCCCCCCCCCCCCC(=O)OCC(COC(=O)CCCCCCCCCCCCCCCCC)OC(=O)CCCCCCCCCCCCCCCCC.[CaH2]. The fraction of sp³-hybridized carbons (Fsp3) is 0.947. The Morgan fingerprint density at radius 1 is 0.266 bits per heavy atom. The quantitative estimate of drug-likeness (QED) is 0.0262. The fourth-order valence-corrected chi connectivity index (χ4v) is 8.80. The number of ether oxygens (including phenoxy) is 3. The van der Waals surface area contributed by atoms with E-state index in [0.717, 1.165) is 57.8 Å². The number of hydrogen-bond acceptors (Lipinski definition) is 6. The van der Waals surface area contributed by atoms with Gasteiger partial charge in [0.1, 0.15) is 13.2 Å². The third kappa shape index (κ3) is 54.3. The van der Waals surface area contributed by atoms with Crippen LogP contribution in [0.1, 0.15) is 329 Å². The molecule has 0 radical (unpaired) electrons. The summed E-state index contributed by atoms with van der Waals surface area (Å²) in [5.74, 6) is -0.832. The Morgan fingerprint density at radius 3 is 0.641 bits per heavy atom. The predicted octanol–water partition coefficient (Wildman–Crippen LogP) is 17.9. The molecule has 0 atom stereocenters. The first-order valence-corrected chi connectivity index (χ1v) is 28.5. The first kappa shape index (κ1) is 65.8. The van der Waals surface area contributed by atoms with E-state index in [1.54, 1.807) is 0 Å². The van der Waals surface area contributed by atoms with Crippen molar-refractivity contribution in [1.29, 1.82) is 0 Å². The summed E-state index contributed by atoms with van der Waals surface area (Å²) in [6.45, 7) is 6.71. The molecule has 0 heterocycles. The van der Waals surface area contributed by atoms with Gasteiger partial charge in [-0.05, 0) is 19.3 Å². The van der Waals surface area contributed by atoms with Gasteiger partial charge in [-0.15, -0.1) is 0 Å². The summed E-state index contributed by atoms with van der Waals surface area (Å²) in [4.78, 5) is 38.1. The molecule has 0 bridgehead atoms. The summed E-state index contributed by atoms with van der Waals surface area (Å²) in [6, 6.07) is 0. The van der Waals surface area contributed by atoms with Crippen LogP contribution in [0.2, 0.25) is 0 Å². The molecule has 0 aliphatic heterocycles. The summed E-state index contributed by atoms with van der Waals surface area (Å²) in [6.07, 6.45) is 58.0. The van der Waals surface area contributed by atoms with Crippen molar-refractivity contribution in [1.82, 2.24) is 0 Å². The van der Waals surface area contributed by atoms with Gasteiger partial charge in [0.15, 0.2) is 6.10 Å². The second-order valence-electron chi connectivity index (χ2n) is 19.6. The van der Waals surface area contributed by atoms with Crippen LogP contribution in [0.15, 0.2) is 0 Å². The Balaban J connectivity index is 0. The van der Waals surface area contributed by atoms with E-state index in [1.165, 1.54) is 231 Å². The average molecular weight is 934 g/mol. The van der Waals surface area contributed by atoms with Crippen LogP contribution in [0.5, 0.6) is 0 Å². The zero-order valence-corrected chi connectivity index (χ0v) is 42.9. The van der Waals surface area contributed by atoms with Crippen molar-refractivity contribution in [2.45, 2.75) is 335 Å². The van der Waals surface area contributed by atoms with E-state index in [-0.39, 0.29) is 68.9 Å². The van der Waals surface area contributed by atoms with Crippen molar-refractivity contribution in [3.05, 3.63) is 0 Å². The summed E-state index contributed by atoms with van der Waals surface area (Å²) in [5, 5.41) is 0. The van der Waals surface area contributed by atoms with Crippen molar-refractivity contribution >= 4 is 55.6 Å². The van der Waals surface area contributed by atoms with Crippen LogP contribution < -0.4 is 0 Å². The molecular formula is C57H112CaO6. The zero-order chi connectivity index (χ0) is 45.8. The van der Waals surface area contributed by atoms with Crippen molar-refractivity contribution in [3.8, 4) is 0 Å². The standard InChI is InChI=1S/C57H110O6.Ca.2H/c1-4-7-10-13-16-19-22-25-28-31-34-37-40-43-46-49-55(58)61-52-54(63-57(60)51-48-45-42-39-36-33-30-27-24-21-18-15-12-9-6-3)53-62-56(59)50-47-44-41-38-35-32-29-26-23-20-17-14-11-8-5-2;;;/h54H,4-53H2,1-3H3;;;. The summed E-state index contributed by atoms with van der Waals surface area (Å²) < 4.78 is 16.9. The van der Waals surface area contributed by atoms with E-state index >= 15 is 0 Å². The molecular weight excluding hydrogens is 821 g/mol. The normalized spacial score (nSPS) is 11.2. The van der Waals surface area contributed by atoms with Crippen molar-refractivity contribution in [2.24, 2.45) is 0 Å². The van der Waals surface area contributed by atoms with Crippen LogP contribution in [-0.4, -0.2) is 75.0 Å². The van der Waals surface area contributed by atoms with Crippen LogP contribution in [0, 0.1) is 0 Å². The van der Waals surface area contributed by atoms with Gasteiger partial charge in [-0.25, -0.2) is 0 Å². The molecule has 6 nitrogen and oxygen atoms in total. The van der Waals surface area contributed by atoms with Gasteiger partial charge in [0, 0.05) is 19.3 Å². The number of carbonyl (C=O) groups excluding carboxylic acids is 3. The Hall–Kier alpha value is -0.330. The maximum atomic E-state index is 12.8. The summed E-state index contributed by atoms with van der Waals surface area (Å²) in [7, 11) is 0. The molecule has 0 aromatic heterocycles.